The first-order valence-corrected chi connectivity index (χ1v) is 14.8. The quantitative estimate of drug-likeness (QED) is 0.346. The molecule has 0 aliphatic carbocycles. The van der Waals surface area contributed by atoms with Crippen LogP contribution in [0.2, 0.25) is 0 Å². The number of nitrogens with one attached hydrogen (secondary N) is 1. The zero-order chi connectivity index (χ0) is 22.3. The Morgan fingerprint density at radius 2 is 1.59 bits per heavy atom. The fourth-order valence-electron chi connectivity index (χ4n) is 4.26. The summed E-state index contributed by atoms with van der Waals surface area (Å²) < 4.78 is 42.4. The summed E-state index contributed by atoms with van der Waals surface area (Å²) in [6, 6.07) is 11.3. The van der Waals surface area contributed by atoms with Gasteiger partial charge in [0.1, 0.15) is 0 Å². The number of hydrogen-bond acceptors (Lipinski definition) is 4. The molecule has 0 spiro atoms. The van der Waals surface area contributed by atoms with Crippen LogP contribution in [0.3, 0.4) is 0 Å². The van der Waals surface area contributed by atoms with Gasteiger partial charge in [-0.05, 0) is 0 Å². The molecule has 2 aliphatic rings. The monoisotopic (exact) mass is 669 g/mol. The van der Waals surface area contributed by atoms with E-state index in [0.29, 0.717) is 12.1 Å². The van der Waals surface area contributed by atoms with Crippen LogP contribution in [0.4, 0.5) is 20.2 Å². The molecule has 0 atom stereocenters. The third-order valence-electron chi connectivity index (χ3n) is 5.84. The van der Waals surface area contributed by atoms with Gasteiger partial charge in [-0.25, -0.2) is 0 Å². The van der Waals surface area contributed by atoms with Gasteiger partial charge in [0.2, 0.25) is 0 Å². The molecule has 2 aliphatic heterocycles. The molecule has 0 unspecified atom stereocenters. The van der Waals surface area contributed by atoms with Crippen LogP contribution in [0, 0.1) is 18.8 Å². The number of ether oxygens (including phenoxy) is 2. The van der Waals surface area contributed by atoms with E-state index in [0.717, 1.165) is 81.6 Å². The van der Waals surface area contributed by atoms with Crippen LogP contribution in [0.1, 0.15) is 25.7 Å². The van der Waals surface area contributed by atoms with Gasteiger partial charge in [0.25, 0.3) is 0 Å². The molecule has 0 amide bonds. The summed E-state index contributed by atoms with van der Waals surface area (Å²) in [4.78, 5) is 2.34. The van der Waals surface area contributed by atoms with E-state index in [4.69, 9.17) is 9.47 Å². The van der Waals surface area contributed by atoms with Crippen LogP contribution in [-0.2, 0) is 9.47 Å². The van der Waals surface area contributed by atoms with Crippen LogP contribution in [0.5, 0.6) is 0 Å². The topological polar surface area (TPSA) is 33.7 Å². The number of hydrogen-bond donors (Lipinski definition) is 1. The molecule has 0 bridgehead atoms. The summed E-state index contributed by atoms with van der Waals surface area (Å²) in [6.45, 7) is 3.85. The molecule has 2 fully saturated rings. The predicted octanol–water partition coefficient (Wildman–Crippen LogP) is 2.10. The van der Waals surface area contributed by atoms with Crippen LogP contribution < -0.4 is 31.4 Å². The Kier molecular flexibility index (Phi) is 9.24. The van der Waals surface area contributed by atoms with E-state index >= 15 is 0 Å². The van der Waals surface area contributed by atoms with Gasteiger partial charge in [0, 0.05) is 0 Å². The normalized spacial score (nSPS) is 18.1. The van der Waals surface area contributed by atoms with Gasteiger partial charge in [-0.3, -0.25) is 0 Å². The first-order chi connectivity index (χ1) is 15.6. The van der Waals surface area contributed by atoms with Crippen molar-refractivity contribution in [2.75, 3.05) is 47.6 Å². The molecule has 8 heteroatoms. The molecule has 0 aromatic heterocycles. The van der Waals surface area contributed by atoms with E-state index in [1.807, 2.05) is 0 Å². The van der Waals surface area contributed by atoms with Crippen LogP contribution in [0.15, 0.2) is 36.4 Å². The summed E-state index contributed by atoms with van der Waals surface area (Å²) in [7, 11) is 0. The third kappa shape index (κ3) is 7.14. The third-order valence-corrected chi connectivity index (χ3v) is 8.99. The molecule has 32 heavy (non-hydrogen) atoms. The Morgan fingerprint density at radius 3 is 2.31 bits per heavy atom. The second-order valence-corrected chi connectivity index (χ2v) is 12.5. The molecule has 2 saturated heterocycles. The van der Waals surface area contributed by atoms with Crippen molar-refractivity contribution in [3.05, 3.63) is 55.2 Å². The van der Waals surface area contributed by atoms with E-state index in [9.17, 15) is 8.78 Å². The average Bonchev–Trinajstić information content (AvgIpc) is 2.77. The summed E-state index contributed by atoms with van der Waals surface area (Å²) in [5.74, 6) is -0.384. The summed E-state index contributed by atoms with van der Waals surface area (Å²) in [5, 5.41) is 3.48. The number of alkyl halides is 1. The summed E-state index contributed by atoms with van der Waals surface area (Å²) in [6.07, 6.45) is 3.80. The molecule has 176 valence electrons. The Bertz CT molecular complexity index is 870. The summed E-state index contributed by atoms with van der Waals surface area (Å²) >= 11 is 1.80. The van der Waals surface area contributed by atoms with Crippen LogP contribution in [0.25, 0.3) is 0 Å². The molecule has 2 aromatic rings. The Morgan fingerprint density at radius 1 is 0.906 bits per heavy atom. The fourth-order valence-corrected chi connectivity index (χ4v) is 7.33. The first kappa shape index (κ1) is 24.4. The van der Waals surface area contributed by atoms with Gasteiger partial charge in [-0.15, -0.1) is 0 Å². The van der Waals surface area contributed by atoms with Crippen molar-refractivity contribution in [1.29, 1.82) is 0 Å². The van der Waals surface area contributed by atoms with Crippen molar-refractivity contribution in [2.24, 2.45) is 0 Å². The minimum absolute atomic E-state index is 0.183. The van der Waals surface area contributed by atoms with Crippen LogP contribution >= 0.6 is 22.6 Å². The molecule has 0 radical (unpaired) electrons. The van der Waals surface area contributed by atoms with Crippen molar-refractivity contribution < 1.29 is 39.5 Å². The molecule has 4 nitrogen and oxygen atoms in total. The van der Waals surface area contributed by atoms with E-state index in [1.54, 1.807) is 24.3 Å². The van der Waals surface area contributed by atoms with Crippen molar-refractivity contribution in [1.82, 2.24) is 0 Å². The zero-order valence-electron chi connectivity index (χ0n) is 18.0. The maximum atomic E-state index is 14.3. The van der Waals surface area contributed by atoms with Gasteiger partial charge in [-0.2, -0.15) is 0 Å². The Balaban J connectivity index is 1.41. The standard InChI is InChI=1S/C24H29F2I2N2O2/c25-17-11-19(27)15-24(14-17)30(23-3-9-32-10-4-23)6-5-28-20-12-18(26)13-22(16-20)29-21-1-7-31-8-2-21/h11-16,21,23,29H,1-10H2/q-1. The van der Waals surface area contributed by atoms with Crippen LogP contribution in [-0.4, -0.2) is 49.5 Å². The van der Waals surface area contributed by atoms with E-state index in [1.165, 1.54) is 0 Å². The molecule has 1 N–H and O–H groups in total. The van der Waals surface area contributed by atoms with E-state index in [2.05, 4.69) is 44.9 Å². The molecular weight excluding hydrogens is 640 g/mol. The SMILES string of the molecule is Fc1cc(NC2CCOCC2)cc([I-]CCN(c2cc(F)cc(I)c2)C2CCOCC2)c1. The van der Waals surface area contributed by atoms with Gasteiger partial charge in [0.05, 0.1) is 0 Å². The van der Waals surface area contributed by atoms with Crippen molar-refractivity contribution in [3.63, 3.8) is 0 Å². The van der Waals surface area contributed by atoms with Crippen molar-refractivity contribution >= 4 is 34.0 Å². The maximum absolute atomic E-state index is 14.3. The van der Waals surface area contributed by atoms with Gasteiger partial charge >= 0.3 is 214 Å². The second kappa shape index (κ2) is 12.1. The number of halogens is 4. The molecule has 2 heterocycles. The van der Waals surface area contributed by atoms with E-state index in [-0.39, 0.29) is 32.8 Å². The predicted molar refractivity (Wildman–Crippen MR) is 128 cm³/mol. The van der Waals surface area contributed by atoms with E-state index < -0.39 is 0 Å². The summed E-state index contributed by atoms with van der Waals surface area (Å²) in [5.41, 5.74) is 1.80. The second-order valence-electron chi connectivity index (χ2n) is 8.18. The molecule has 2 aromatic carbocycles. The fraction of sp³-hybridized carbons (Fsp3) is 0.500. The van der Waals surface area contributed by atoms with Crippen molar-refractivity contribution in [3.8, 4) is 0 Å². The molecular formula is C24H29F2I2N2O2-. The molecule has 0 saturated carbocycles. The van der Waals surface area contributed by atoms with Gasteiger partial charge < -0.3 is 0 Å². The zero-order valence-corrected chi connectivity index (χ0v) is 22.3. The first-order valence-electron chi connectivity index (χ1n) is 11.1. The number of rotatable bonds is 8. The number of nitrogens with zero attached hydrogens (tertiary/aromatic N) is 1. The Labute approximate surface area is 212 Å². The Hall–Kier alpha value is -0.720. The van der Waals surface area contributed by atoms with Gasteiger partial charge in [-0.1, -0.05) is 0 Å². The number of anilines is 2. The molecule has 4 rings (SSSR count). The number of benzene rings is 2. The van der Waals surface area contributed by atoms with Gasteiger partial charge in [0.15, 0.2) is 0 Å². The van der Waals surface area contributed by atoms with Crippen molar-refractivity contribution in [2.45, 2.75) is 37.8 Å². The minimum atomic E-state index is -0.369. The average molecular weight is 669 g/mol.